The summed E-state index contributed by atoms with van der Waals surface area (Å²) in [5.41, 5.74) is 0. The Morgan fingerprint density at radius 2 is 1.85 bits per heavy atom. The van der Waals surface area contributed by atoms with Crippen molar-refractivity contribution < 1.29 is 9.53 Å². The molecule has 13 heavy (non-hydrogen) atoms. The number of amides is 1. The molecule has 1 amide bonds. The number of carbonyl (C=O) groups is 1. The molecule has 76 valence electrons. The fourth-order valence-electron chi connectivity index (χ4n) is 1.24. The molecule has 0 aromatic rings. The van der Waals surface area contributed by atoms with Gasteiger partial charge in [-0.3, -0.25) is 4.79 Å². The number of morpholine rings is 1. The van der Waals surface area contributed by atoms with Crippen LogP contribution in [-0.4, -0.2) is 38.8 Å². The third-order valence-electron chi connectivity index (χ3n) is 2.00. The van der Waals surface area contributed by atoms with Gasteiger partial charge in [-0.15, -0.1) is 0 Å². The lowest BCUT2D eigenvalue weighted by Crippen LogP contribution is -2.30. The maximum Gasteiger partial charge on any atom is 0.219 e. The predicted octanol–water partition coefficient (Wildman–Crippen LogP) is -0.107. The Morgan fingerprint density at radius 1 is 1.08 bits per heavy atom. The second-order valence-electron chi connectivity index (χ2n) is 3.17. The van der Waals surface area contributed by atoms with Gasteiger partial charge in [-0.1, -0.05) is 0 Å². The van der Waals surface area contributed by atoms with Crippen LogP contribution < -0.4 is 10.6 Å². The van der Waals surface area contributed by atoms with E-state index in [9.17, 15) is 4.79 Å². The molecule has 2 fully saturated rings. The van der Waals surface area contributed by atoms with Gasteiger partial charge < -0.3 is 15.4 Å². The number of ether oxygens (including phenoxy) is 1. The van der Waals surface area contributed by atoms with E-state index < -0.39 is 0 Å². The van der Waals surface area contributed by atoms with E-state index in [1.54, 1.807) is 0 Å². The summed E-state index contributed by atoms with van der Waals surface area (Å²) in [4.78, 5) is 10.4. The summed E-state index contributed by atoms with van der Waals surface area (Å²) in [6.07, 6.45) is 2.97. The molecule has 0 unspecified atom stereocenters. The average Bonchev–Trinajstić information content (AvgIpc) is 2.22. The quantitative estimate of drug-likeness (QED) is 0.555. The number of rotatable bonds is 0. The molecule has 2 aliphatic rings. The van der Waals surface area contributed by atoms with E-state index in [0.717, 1.165) is 52.1 Å². The largest absolute Gasteiger partial charge is 0.379 e. The number of nitrogens with one attached hydrogen (secondary N) is 2. The van der Waals surface area contributed by atoms with E-state index in [-0.39, 0.29) is 5.91 Å². The summed E-state index contributed by atoms with van der Waals surface area (Å²) in [6, 6.07) is 0. The molecule has 2 aliphatic heterocycles. The molecule has 2 N–H and O–H groups in total. The minimum absolute atomic E-state index is 0.214. The van der Waals surface area contributed by atoms with Crippen molar-refractivity contribution >= 4 is 5.91 Å². The molecular weight excluding hydrogens is 168 g/mol. The number of hydrogen-bond donors (Lipinski definition) is 2. The van der Waals surface area contributed by atoms with E-state index >= 15 is 0 Å². The summed E-state index contributed by atoms with van der Waals surface area (Å²) in [7, 11) is 0. The van der Waals surface area contributed by atoms with Crippen molar-refractivity contribution in [3.63, 3.8) is 0 Å². The Hall–Kier alpha value is -0.610. The lowest BCUT2D eigenvalue weighted by atomic mass is 10.2. The van der Waals surface area contributed by atoms with Crippen LogP contribution >= 0.6 is 0 Å². The van der Waals surface area contributed by atoms with E-state index in [0.29, 0.717) is 0 Å². The molecule has 2 heterocycles. The predicted molar refractivity (Wildman–Crippen MR) is 50.5 cm³/mol. The van der Waals surface area contributed by atoms with Crippen molar-refractivity contribution in [1.29, 1.82) is 0 Å². The zero-order valence-corrected chi connectivity index (χ0v) is 7.97. The highest BCUT2D eigenvalue weighted by atomic mass is 16.5. The van der Waals surface area contributed by atoms with Gasteiger partial charge in [0.25, 0.3) is 0 Å². The first-order chi connectivity index (χ1) is 6.39. The highest BCUT2D eigenvalue weighted by molar-refractivity contribution is 5.76. The summed E-state index contributed by atoms with van der Waals surface area (Å²) in [5, 5.41) is 5.90. The maximum atomic E-state index is 10.4. The standard InChI is InChI=1S/C5H9NO.C4H9NO/c7-5-3-1-2-4-6-5;1-3-6-4-2-5-1/h1-4H2,(H,6,7);5H,1-4H2. The molecule has 0 radical (unpaired) electrons. The number of hydrogen-bond acceptors (Lipinski definition) is 3. The van der Waals surface area contributed by atoms with Crippen LogP contribution in [0.4, 0.5) is 0 Å². The summed E-state index contributed by atoms with van der Waals surface area (Å²) >= 11 is 0. The van der Waals surface area contributed by atoms with E-state index in [4.69, 9.17) is 4.74 Å². The van der Waals surface area contributed by atoms with Gasteiger partial charge in [-0.25, -0.2) is 0 Å². The Bertz CT molecular complexity index is 127. The van der Waals surface area contributed by atoms with Crippen LogP contribution in [0.25, 0.3) is 0 Å². The van der Waals surface area contributed by atoms with Crippen LogP contribution in [0.2, 0.25) is 0 Å². The maximum absolute atomic E-state index is 10.4. The van der Waals surface area contributed by atoms with Crippen LogP contribution in [0.15, 0.2) is 0 Å². The van der Waals surface area contributed by atoms with Crippen LogP contribution in [0, 0.1) is 0 Å². The Labute approximate surface area is 79.0 Å². The van der Waals surface area contributed by atoms with Gasteiger partial charge >= 0.3 is 0 Å². The monoisotopic (exact) mass is 186 g/mol. The third kappa shape index (κ3) is 5.60. The van der Waals surface area contributed by atoms with Crippen molar-refractivity contribution in [2.45, 2.75) is 19.3 Å². The molecule has 0 saturated carbocycles. The van der Waals surface area contributed by atoms with Gasteiger partial charge in [0.05, 0.1) is 13.2 Å². The molecule has 0 aromatic carbocycles. The van der Waals surface area contributed by atoms with Gasteiger partial charge in [0.1, 0.15) is 0 Å². The van der Waals surface area contributed by atoms with Crippen LogP contribution in [0.5, 0.6) is 0 Å². The lowest BCUT2D eigenvalue weighted by Gasteiger charge is -2.10. The molecule has 4 heteroatoms. The van der Waals surface area contributed by atoms with Gasteiger partial charge in [0.2, 0.25) is 5.91 Å². The first-order valence-electron chi connectivity index (χ1n) is 4.95. The number of piperidine rings is 1. The highest BCUT2D eigenvalue weighted by Gasteiger charge is 2.04. The normalized spacial score (nSPS) is 22.6. The Balaban J connectivity index is 0.000000132. The van der Waals surface area contributed by atoms with Crippen molar-refractivity contribution in [2.75, 3.05) is 32.8 Å². The SMILES string of the molecule is C1COCCN1.O=C1CCCCN1. The fourth-order valence-corrected chi connectivity index (χ4v) is 1.24. The zero-order valence-electron chi connectivity index (χ0n) is 7.97. The van der Waals surface area contributed by atoms with Gasteiger partial charge in [0, 0.05) is 26.1 Å². The van der Waals surface area contributed by atoms with Crippen LogP contribution in [0.3, 0.4) is 0 Å². The van der Waals surface area contributed by atoms with Crippen molar-refractivity contribution in [3.8, 4) is 0 Å². The fraction of sp³-hybridized carbons (Fsp3) is 0.889. The van der Waals surface area contributed by atoms with E-state index in [1.807, 2.05) is 0 Å². The topological polar surface area (TPSA) is 50.4 Å². The van der Waals surface area contributed by atoms with E-state index in [1.165, 1.54) is 0 Å². The lowest BCUT2D eigenvalue weighted by molar-refractivity contribution is -0.122. The Kier molecular flexibility index (Phi) is 5.52. The smallest absolute Gasteiger partial charge is 0.219 e. The molecule has 2 saturated heterocycles. The number of carbonyl (C=O) groups excluding carboxylic acids is 1. The first kappa shape index (κ1) is 10.5. The van der Waals surface area contributed by atoms with Gasteiger partial charge in [-0.05, 0) is 12.8 Å². The van der Waals surface area contributed by atoms with Gasteiger partial charge in [-0.2, -0.15) is 0 Å². The molecule has 0 bridgehead atoms. The van der Waals surface area contributed by atoms with Crippen molar-refractivity contribution in [1.82, 2.24) is 10.6 Å². The van der Waals surface area contributed by atoms with Crippen LogP contribution in [-0.2, 0) is 9.53 Å². The van der Waals surface area contributed by atoms with Crippen molar-refractivity contribution in [2.24, 2.45) is 0 Å². The molecular formula is C9H18N2O2. The first-order valence-corrected chi connectivity index (χ1v) is 4.95. The molecule has 0 aliphatic carbocycles. The highest BCUT2D eigenvalue weighted by Crippen LogP contribution is 1.98. The summed E-state index contributed by atoms with van der Waals surface area (Å²) in [6.45, 7) is 4.72. The van der Waals surface area contributed by atoms with E-state index in [2.05, 4.69) is 10.6 Å². The third-order valence-corrected chi connectivity index (χ3v) is 2.00. The molecule has 4 nitrogen and oxygen atoms in total. The molecule has 0 spiro atoms. The van der Waals surface area contributed by atoms with Gasteiger partial charge in [0.15, 0.2) is 0 Å². The molecule has 0 atom stereocenters. The van der Waals surface area contributed by atoms with Crippen LogP contribution in [0.1, 0.15) is 19.3 Å². The van der Waals surface area contributed by atoms with Crippen molar-refractivity contribution in [3.05, 3.63) is 0 Å². The second kappa shape index (κ2) is 6.86. The zero-order chi connectivity index (χ0) is 9.36. The average molecular weight is 186 g/mol. The molecule has 0 aromatic heterocycles. The summed E-state index contributed by atoms with van der Waals surface area (Å²) < 4.78 is 5.01. The summed E-state index contributed by atoms with van der Waals surface area (Å²) in [5.74, 6) is 0.214. The Morgan fingerprint density at radius 3 is 2.08 bits per heavy atom. The minimum Gasteiger partial charge on any atom is -0.379 e. The molecule has 2 rings (SSSR count). The minimum atomic E-state index is 0.214. The second-order valence-corrected chi connectivity index (χ2v) is 3.17.